The second kappa shape index (κ2) is 11.7. The number of ether oxygens (including phenoxy) is 1. The minimum absolute atomic E-state index is 0.00812. The van der Waals surface area contributed by atoms with E-state index in [9.17, 15) is 18.0 Å². The summed E-state index contributed by atoms with van der Waals surface area (Å²) in [6.07, 6.45) is 5.48. The second-order valence-corrected chi connectivity index (χ2v) is 13.2. The molecule has 38 heavy (non-hydrogen) atoms. The standard InChI is InChI=1S/C27H36N4O5S2/c1-36-23-10-8-20(9-11-23)21-16-26(37-19-21)38(34,35)28-24-7-5-14-30(27(24)33)18-25(32)31-15-4-6-22(31)17-29-12-2-3-13-29/h8-11,16,19,22,24,28H,2-7,12-15,17-18H2,1H3/t22-,24-/m0/s1. The first kappa shape index (κ1) is 27.1. The lowest BCUT2D eigenvalue weighted by molar-refractivity contribution is -0.143. The quantitative estimate of drug-likeness (QED) is 0.507. The SMILES string of the molecule is COc1ccc(-c2csc(S(=O)(=O)N[C@H]3CCCN(CC(=O)N4CCC[C@H]4CN4CCCC4)C3=O)c2)cc1. The molecule has 2 atom stereocenters. The van der Waals surface area contributed by atoms with E-state index < -0.39 is 16.1 Å². The highest BCUT2D eigenvalue weighted by molar-refractivity contribution is 7.91. The van der Waals surface area contributed by atoms with Crippen molar-refractivity contribution < 1.29 is 22.7 Å². The van der Waals surface area contributed by atoms with Crippen molar-refractivity contribution in [1.29, 1.82) is 0 Å². The summed E-state index contributed by atoms with van der Waals surface area (Å²) in [5.74, 6) is 0.366. The molecule has 0 spiro atoms. The number of hydrogen-bond donors (Lipinski definition) is 1. The van der Waals surface area contributed by atoms with E-state index in [1.54, 1.807) is 18.6 Å². The van der Waals surface area contributed by atoms with Gasteiger partial charge < -0.3 is 19.4 Å². The smallest absolute Gasteiger partial charge is 0.250 e. The Morgan fingerprint density at radius 3 is 2.50 bits per heavy atom. The lowest BCUT2D eigenvalue weighted by atomic mass is 10.1. The number of likely N-dealkylation sites (tertiary alicyclic amines) is 3. The van der Waals surface area contributed by atoms with Crippen molar-refractivity contribution in [2.45, 2.75) is 54.8 Å². The van der Waals surface area contributed by atoms with Crippen LogP contribution in [-0.4, -0.2) is 93.4 Å². The van der Waals surface area contributed by atoms with Gasteiger partial charge in [-0.05, 0) is 86.3 Å². The summed E-state index contributed by atoms with van der Waals surface area (Å²) in [6, 6.07) is 8.36. The van der Waals surface area contributed by atoms with Crippen molar-refractivity contribution in [3.63, 3.8) is 0 Å². The number of carbonyl (C=O) groups excluding carboxylic acids is 2. The fourth-order valence-electron chi connectivity index (χ4n) is 5.72. The van der Waals surface area contributed by atoms with Gasteiger partial charge in [0.1, 0.15) is 16.0 Å². The predicted molar refractivity (Wildman–Crippen MR) is 147 cm³/mol. The minimum atomic E-state index is -3.89. The van der Waals surface area contributed by atoms with Crippen LogP contribution in [0.1, 0.15) is 38.5 Å². The maximum absolute atomic E-state index is 13.2. The van der Waals surface area contributed by atoms with E-state index in [4.69, 9.17) is 4.74 Å². The number of benzene rings is 1. The van der Waals surface area contributed by atoms with Crippen LogP contribution in [0.4, 0.5) is 0 Å². The van der Waals surface area contributed by atoms with E-state index >= 15 is 0 Å². The lowest BCUT2D eigenvalue weighted by Crippen LogP contribution is -2.55. The molecule has 1 N–H and O–H groups in total. The summed E-state index contributed by atoms with van der Waals surface area (Å²) in [6.45, 7) is 4.29. The van der Waals surface area contributed by atoms with Gasteiger partial charge in [0, 0.05) is 25.7 Å². The van der Waals surface area contributed by atoms with Crippen molar-refractivity contribution in [3.8, 4) is 16.9 Å². The van der Waals surface area contributed by atoms with Crippen LogP contribution in [0.15, 0.2) is 39.9 Å². The highest BCUT2D eigenvalue weighted by Gasteiger charge is 2.36. The zero-order chi connectivity index (χ0) is 26.7. The molecule has 3 fully saturated rings. The van der Waals surface area contributed by atoms with Crippen molar-refractivity contribution >= 4 is 33.2 Å². The molecule has 206 valence electrons. The predicted octanol–water partition coefficient (Wildman–Crippen LogP) is 2.78. The first-order valence-corrected chi connectivity index (χ1v) is 15.8. The monoisotopic (exact) mass is 560 g/mol. The van der Waals surface area contributed by atoms with Gasteiger partial charge in [0.05, 0.1) is 13.7 Å². The van der Waals surface area contributed by atoms with Gasteiger partial charge in [-0.15, -0.1) is 11.3 Å². The number of methoxy groups -OCH3 is 1. The highest BCUT2D eigenvalue weighted by Crippen LogP contribution is 2.30. The number of piperidine rings is 1. The Kier molecular flexibility index (Phi) is 8.37. The third-order valence-electron chi connectivity index (χ3n) is 7.78. The number of sulfonamides is 1. The van der Waals surface area contributed by atoms with Crippen molar-refractivity contribution in [2.75, 3.05) is 46.4 Å². The molecule has 3 saturated heterocycles. The van der Waals surface area contributed by atoms with Crippen LogP contribution in [0, 0.1) is 0 Å². The van der Waals surface area contributed by atoms with Crippen LogP contribution in [0.2, 0.25) is 0 Å². The molecule has 0 radical (unpaired) electrons. The first-order chi connectivity index (χ1) is 18.3. The Morgan fingerprint density at radius 2 is 1.76 bits per heavy atom. The number of amides is 2. The largest absolute Gasteiger partial charge is 0.497 e. The van der Waals surface area contributed by atoms with Crippen molar-refractivity contribution in [2.24, 2.45) is 0 Å². The normalized spacial score (nSPS) is 22.8. The third kappa shape index (κ3) is 6.06. The number of nitrogens with zero attached hydrogens (tertiary/aromatic N) is 3. The fraction of sp³-hybridized carbons (Fsp3) is 0.556. The van der Waals surface area contributed by atoms with Crippen LogP contribution in [0.25, 0.3) is 11.1 Å². The van der Waals surface area contributed by atoms with E-state index in [-0.39, 0.29) is 28.6 Å². The molecule has 0 aliphatic carbocycles. The Bertz CT molecular complexity index is 1240. The fourth-order valence-corrected chi connectivity index (χ4v) is 8.14. The third-order valence-corrected chi connectivity index (χ3v) is 10.7. The maximum atomic E-state index is 13.2. The Morgan fingerprint density at radius 1 is 1.03 bits per heavy atom. The van der Waals surface area contributed by atoms with Gasteiger partial charge in [-0.25, -0.2) is 8.42 Å². The lowest BCUT2D eigenvalue weighted by Gasteiger charge is -2.34. The molecular formula is C27H36N4O5S2. The Balaban J connectivity index is 1.20. The van der Waals surface area contributed by atoms with Crippen LogP contribution in [0.5, 0.6) is 5.75 Å². The van der Waals surface area contributed by atoms with Gasteiger partial charge >= 0.3 is 0 Å². The molecule has 0 bridgehead atoms. The molecule has 3 aliphatic heterocycles. The molecule has 3 aliphatic rings. The number of hydrogen-bond acceptors (Lipinski definition) is 7. The number of carbonyl (C=O) groups is 2. The van der Waals surface area contributed by atoms with Crippen LogP contribution in [0.3, 0.4) is 0 Å². The molecule has 4 heterocycles. The van der Waals surface area contributed by atoms with E-state index in [2.05, 4.69) is 9.62 Å². The molecule has 0 unspecified atom stereocenters. The molecule has 9 nitrogen and oxygen atoms in total. The zero-order valence-corrected chi connectivity index (χ0v) is 23.4. The summed E-state index contributed by atoms with van der Waals surface area (Å²) in [5, 5.41) is 1.79. The highest BCUT2D eigenvalue weighted by atomic mass is 32.2. The molecule has 2 amide bonds. The summed E-state index contributed by atoms with van der Waals surface area (Å²) in [4.78, 5) is 32.3. The minimum Gasteiger partial charge on any atom is -0.497 e. The average Bonchev–Trinajstić information content (AvgIpc) is 3.69. The van der Waals surface area contributed by atoms with Crippen LogP contribution >= 0.6 is 11.3 Å². The van der Waals surface area contributed by atoms with Gasteiger partial charge in [0.25, 0.3) is 10.0 Å². The second-order valence-electron chi connectivity index (χ2n) is 10.3. The van der Waals surface area contributed by atoms with E-state index in [0.717, 1.165) is 67.2 Å². The molecular weight excluding hydrogens is 524 g/mol. The molecule has 1 aromatic carbocycles. The number of thiophene rings is 1. The van der Waals surface area contributed by atoms with Crippen molar-refractivity contribution in [1.82, 2.24) is 19.4 Å². The van der Waals surface area contributed by atoms with Gasteiger partial charge in [0.2, 0.25) is 11.8 Å². The van der Waals surface area contributed by atoms with Gasteiger partial charge in [-0.1, -0.05) is 12.1 Å². The van der Waals surface area contributed by atoms with Crippen molar-refractivity contribution in [3.05, 3.63) is 35.7 Å². The molecule has 0 saturated carbocycles. The summed E-state index contributed by atoms with van der Waals surface area (Å²) >= 11 is 1.12. The summed E-state index contributed by atoms with van der Waals surface area (Å²) in [5.41, 5.74) is 1.67. The summed E-state index contributed by atoms with van der Waals surface area (Å²) < 4.78 is 34.3. The average molecular weight is 561 g/mol. The zero-order valence-electron chi connectivity index (χ0n) is 21.8. The molecule has 2 aromatic rings. The van der Waals surface area contributed by atoms with E-state index in [0.29, 0.717) is 19.4 Å². The maximum Gasteiger partial charge on any atom is 0.250 e. The molecule has 1 aromatic heterocycles. The number of rotatable bonds is 9. The van der Waals surface area contributed by atoms with Gasteiger partial charge in [0.15, 0.2) is 0 Å². The van der Waals surface area contributed by atoms with Crippen LogP contribution in [-0.2, 0) is 19.6 Å². The Labute approximate surface area is 228 Å². The molecule has 5 rings (SSSR count). The first-order valence-electron chi connectivity index (χ1n) is 13.4. The van der Waals surface area contributed by atoms with Gasteiger partial charge in [-0.2, -0.15) is 4.72 Å². The molecule has 11 heteroatoms. The van der Waals surface area contributed by atoms with E-state index in [1.807, 2.05) is 29.2 Å². The van der Waals surface area contributed by atoms with Crippen LogP contribution < -0.4 is 9.46 Å². The summed E-state index contributed by atoms with van der Waals surface area (Å²) in [7, 11) is -2.29. The van der Waals surface area contributed by atoms with Gasteiger partial charge in [-0.3, -0.25) is 9.59 Å². The van der Waals surface area contributed by atoms with E-state index in [1.165, 1.54) is 17.7 Å². The number of nitrogens with one attached hydrogen (secondary N) is 1. The topological polar surface area (TPSA) is 99.3 Å². The Hall–Kier alpha value is -2.47.